The van der Waals surface area contributed by atoms with Crippen molar-refractivity contribution in [1.29, 1.82) is 0 Å². The Labute approximate surface area is 157 Å². The number of rotatable bonds is 4. The lowest BCUT2D eigenvalue weighted by Crippen LogP contribution is -2.53. The largest absolute Gasteiger partial charge is 0.323 e. The quantitative estimate of drug-likeness (QED) is 0.715. The summed E-state index contributed by atoms with van der Waals surface area (Å²) in [7, 11) is -3.60. The van der Waals surface area contributed by atoms with Gasteiger partial charge < -0.3 is 9.97 Å². The lowest BCUT2D eigenvalue weighted by atomic mass is 10.1. The molecule has 2 N–H and O–H groups in total. The summed E-state index contributed by atoms with van der Waals surface area (Å²) in [6.45, 7) is 4.43. The Hall–Kier alpha value is -2.42. The molecule has 4 rings (SSSR count). The third-order valence-corrected chi connectivity index (χ3v) is 6.94. The van der Waals surface area contributed by atoms with Gasteiger partial charge in [-0.2, -0.15) is 4.31 Å². The van der Waals surface area contributed by atoms with E-state index in [1.165, 1.54) is 15.9 Å². The first-order valence-corrected chi connectivity index (χ1v) is 10.4. The summed E-state index contributed by atoms with van der Waals surface area (Å²) in [5, 5.41) is 0. The molecule has 7 nitrogen and oxygen atoms in total. The zero-order chi connectivity index (χ0) is 19.0. The van der Waals surface area contributed by atoms with Gasteiger partial charge in [0.15, 0.2) is 0 Å². The molecule has 0 amide bonds. The first-order chi connectivity index (χ1) is 12.9. The number of sulfonamides is 1. The Bertz CT molecular complexity index is 1100. The van der Waals surface area contributed by atoms with Crippen molar-refractivity contribution in [2.24, 2.45) is 0 Å². The van der Waals surface area contributed by atoms with E-state index in [0.29, 0.717) is 30.7 Å². The topological polar surface area (TPSA) is 89.3 Å². The van der Waals surface area contributed by atoms with Gasteiger partial charge in [-0.25, -0.2) is 13.2 Å². The normalized spacial score (nSPS) is 19.5. The number of imidazole rings is 1. The highest BCUT2D eigenvalue weighted by Crippen LogP contribution is 2.23. The van der Waals surface area contributed by atoms with Crippen LogP contribution in [0.4, 0.5) is 0 Å². The highest BCUT2D eigenvalue weighted by atomic mass is 32.2. The van der Waals surface area contributed by atoms with Crippen LogP contribution in [0.3, 0.4) is 0 Å². The smallest absolute Gasteiger partial charge is 0.306 e. The standard InChI is InChI=1S/C19H22N4O3S/c1-14-12-23(10-9-22(14)13-15-5-3-2-4-6-15)27(25,26)16-7-8-17-18(11-16)21-19(24)20-17/h2-8,11,14H,9-10,12-13H2,1H3,(H2,20,21,24). The first kappa shape index (κ1) is 18.0. The summed E-state index contributed by atoms with van der Waals surface area (Å²) in [5.74, 6) is 0. The van der Waals surface area contributed by atoms with Crippen molar-refractivity contribution < 1.29 is 8.42 Å². The molecule has 0 aliphatic carbocycles. The predicted molar refractivity (Wildman–Crippen MR) is 104 cm³/mol. The van der Waals surface area contributed by atoms with Gasteiger partial charge in [0, 0.05) is 32.2 Å². The van der Waals surface area contributed by atoms with Gasteiger partial charge >= 0.3 is 5.69 Å². The van der Waals surface area contributed by atoms with E-state index in [4.69, 9.17) is 0 Å². The molecule has 2 aromatic carbocycles. The molecule has 0 radical (unpaired) electrons. The van der Waals surface area contributed by atoms with Crippen molar-refractivity contribution in [3.05, 3.63) is 64.6 Å². The maximum absolute atomic E-state index is 13.1. The van der Waals surface area contributed by atoms with Crippen LogP contribution in [0.25, 0.3) is 11.0 Å². The van der Waals surface area contributed by atoms with Gasteiger partial charge in [-0.3, -0.25) is 4.90 Å². The molecule has 0 bridgehead atoms. The van der Waals surface area contributed by atoms with Crippen LogP contribution >= 0.6 is 0 Å². The van der Waals surface area contributed by atoms with Crippen LogP contribution in [0, 0.1) is 0 Å². The first-order valence-electron chi connectivity index (χ1n) is 8.94. The highest BCUT2D eigenvalue weighted by molar-refractivity contribution is 7.89. The molecule has 1 aliphatic rings. The van der Waals surface area contributed by atoms with Gasteiger partial charge in [0.25, 0.3) is 0 Å². The number of fused-ring (bicyclic) bond motifs is 1. The third-order valence-electron chi connectivity index (χ3n) is 5.08. The van der Waals surface area contributed by atoms with Crippen LogP contribution in [0.5, 0.6) is 0 Å². The minimum atomic E-state index is -3.60. The molecular weight excluding hydrogens is 364 g/mol. The molecule has 27 heavy (non-hydrogen) atoms. The molecule has 1 unspecified atom stereocenters. The van der Waals surface area contributed by atoms with Gasteiger partial charge in [-0.1, -0.05) is 30.3 Å². The molecule has 1 saturated heterocycles. The number of H-pyrrole nitrogens is 2. The van der Waals surface area contributed by atoms with Crippen molar-refractivity contribution in [3.8, 4) is 0 Å². The second-order valence-corrected chi connectivity index (χ2v) is 8.89. The number of hydrogen-bond acceptors (Lipinski definition) is 4. The monoisotopic (exact) mass is 386 g/mol. The van der Waals surface area contributed by atoms with E-state index in [1.54, 1.807) is 12.1 Å². The molecule has 142 valence electrons. The SMILES string of the molecule is CC1CN(S(=O)(=O)c2ccc3[nH]c(=O)[nH]c3c2)CCN1Cc1ccccc1. The van der Waals surface area contributed by atoms with Crippen LogP contribution in [-0.4, -0.2) is 53.3 Å². The average Bonchev–Trinajstić information content (AvgIpc) is 3.03. The summed E-state index contributed by atoms with van der Waals surface area (Å²) in [6.07, 6.45) is 0. The van der Waals surface area contributed by atoms with E-state index in [2.05, 4.69) is 33.9 Å². The number of aromatic amines is 2. The summed E-state index contributed by atoms with van der Waals surface area (Å²) < 4.78 is 27.6. The van der Waals surface area contributed by atoms with Gasteiger partial charge in [0.2, 0.25) is 10.0 Å². The maximum atomic E-state index is 13.1. The minimum absolute atomic E-state index is 0.115. The van der Waals surface area contributed by atoms with E-state index in [-0.39, 0.29) is 16.6 Å². The van der Waals surface area contributed by atoms with Crippen LogP contribution in [0.15, 0.2) is 58.2 Å². The van der Waals surface area contributed by atoms with Gasteiger partial charge in [0.05, 0.1) is 15.9 Å². The van der Waals surface area contributed by atoms with Crippen molar-refractivity contribution >= 4 is 21.1 Å². The summed E-state index contributed by atoms with van der Waals surface area (Å²) in [6, 6.07) is 15.0. The molecule has 1 aliphatic heterocycles. The zero-order valence-corrected chi connectivity index (χ0v) is 15.9. The number of benzene rings is 2. The number of nitrogens with zero attached hydrogens (tertiary/aromatic N) is 2. The van der Waals surface area contributed by atoms with Crippen molar-refractivity contribution in [1.82, 2.24) is 19.2 Å². The fourth-order valence-electron chi connectivity index (χ4n) is 3.55. The van der Waals surface area contributed by atoms with Crippen LogP contribution in [0.1, 0.15) is 12.5 Å². The summed E-state index contributed by atoms with van der Waals surface area (Å²) in [4.78, 5) is 19.1. The summed E-state index contributed by atoms with van der Waals surface area (Å²) in [5.41, 5.74) is 1.97. The Balaban J connectivity index is 1.52. The molecule has 0 spiro atoms. The fraction of sp³-hybridized carbons (Fsp3) is 0.316. The third kappa shape index (κ3) is 3.55. The van der Waals surface area contributed by atoms with E-state index in [1.807, 2.05) is 18.2 Å². The maximum Gasteiger partial charge on any atom is 0.323 e. The van der Waals surface area contributed by atoms with Gasteiger partial charge in [-0.15, -0.1) is 0 Å². The number of aromatic nitrogens is 2. The van der Waals surface area contributed by atoms with E-state index in [9.17, 15) is 13.2 Å². The van der Waals surface area contributed by atoms with Gasteiger partial charge in [0.1, 0.15) is 0 Å². The van der Waals surface area contributed by atoms with Gasteiger partial charge in [-0.05, 0) is 30.7 Å². The van der Waals surface area contributed by atoms with Crippen LogP contribution in [0.2, 0.25) is 0 Å². The Morgan fingerprint density at radius 3 is 2.52 bits per heavy atom. The highest BCUT2D eigenvalue weighted by Gasteiger charge is 2.32. The van der Waals surface area contributed by atoms with Crippen molar-refractivity contribution in [3.63, 3.8) is 0 Å². The van der Waals surface area contributed by atoms with Crippen molar-refractivity contribution in [2.45, 2.75) is 24.4 Å². The Morgan fingerprint density at radius 2 is 1.78 bits per heavy atom. The molecular formula is C19H22N4O3S. The van der Waals surface area contributed by atoms with E-state index >= 15 is 0 Å². The predicted octanol–water partition coefficient (Wildman–Crippen LogP) is 1.75. The number of hydrogen-bond donors (Lipinski definition) is 2. The second kappa shape index (κ2) is 6.95. The Morgan fingerprint density at radius 1 is 1.04 bits per heavy atom. The Kier molecular flexibility index (Phi) is 4.63. The molecule has 3 aromatic rings. The molecule has 1 aromatic heterocycles. The van der Waals surface area contributed by atoms with E-state index < -0.39 is 10.0 Å². The average molecular weight is 386 g/mol. The summed E-state index contributed by atoms with van der Waals surface area (Å²) >= 11 is 0. The lowest BCUT2D eigenvalue weighted by molar-refractivity contribution is 0.122. The zero-order valence-electron chi connectivity index (χ0n) is 15.1. The molecule has 1 atom stereocenters. The molecule has 8 heteroatoms. The fourth-order valence-corrected chi connectivity index (χ4v) is 5.09. The van der Waals surface area contributed by atoms with E-state index in [0.717, 1.165) is 6.54 Å². The van der Waals surface area contributed by atoms with Crippen molar-refractivity contribution in [2.75, 3.05) is 19.6 Å². The van der Waals surface area contributed by atoms with Crippen LogP contribution < -0.4 is 5.69 Å². The lowest BCUT2D eigenvalue weighted by Gasteiger charge is -2.39. The molecule has 2 heterocycles. The molecule has 0 saturated carbocycles. The second-order valence-electron chi connectivity index (χ2n) is 6.95. The van der Waals surface area contributed by atoms with Crippen LogP contribution in [-0.2, 0) is 16.6 Å². The number of piperazine rings is 1. The molecule has 1 fully saturated rings. The number of nitrogens with one attached hydrogen (secondary N) is 2. The minimum Gasteiger partial charge on any atom is -0.306 e.